The first-order valence-electron chi connectivity index (χ1n) is 8.43. The zero-order chi connectivity index (χ0) is 16.2. The lowest BCUT2D eigenvalue weighted by molar-refractivity contribution is 0.0932. The molecular weight excluding hydrogens is 284 g/mol. The number of anilines is 1. The molecule has 2 aromatic carbocycles. The van der Waals surface area contributed by atoms with E-state index in [1.807, 2.05) is 30.3 Å². The molecular formula is C20H24N2O. The number of carbonyl (C=O) groups excluding carboxylic acids is 1. The predicted molar refractivity (Wildman–Crippen MR) is 94.6 cm³/mol. The summed E-state index contributed by atoms with van der Waals surface area (Å²) >= 11 is 0. The Kier molecular flexibility index (Phi) is 4.65. The lowest BCUT2D eigenvalue weighted by Gasteiger charge is -2.26. The fourth-order valence-electron chi connectivity index (χ4n) is 3.39. The largest absolute Gasteiger partial charge is 0.399 e. The van der Waals surface area contributed by atoms with Crippen LogP contribution in [0.2, 0.25) is 0 Å². The summed E-state index contributed by atoms with van der Waals surface area (Å²) < 4.78 is 0. The second kappa shape index (κ2) is 6.86. The molecule has 0 spiro atoms. The van der Waals surface area contributed by atoms with E-state index in [-0.39, 0.29) is 11.9 Å². The van der Waals surface area contributed by atoms with Gasteiger partial charge in [-0.15, -0.1) is 0 Å². The fourth-order valence-corrected chi connectivity index (χ4v) is 3.39. The molecule has 3 rings (SSSR count). The van der Waals surface area contributed by atoms with Crippen LogP contribution in [0.1, 0.15) is 46.8 Å². The predicted octanol–water partition coefficient (Wildman–Crippen LogP) is 3.51. The molecule has 1 amide bonds. The Labute approximate surface area is 137 Å². The average Bonchev–Trinajstić information content (AvgIpc) is 2.55. The van der Waals surface area contributed by atoms with Crippen LogP contribution in [-0.4, -0.2) is 11.9 Å². The molecule has 0 saturated heterocycles. The van der Waals surface area contributed by atoms with Crippen LogP contribution in [0.3, 0.4) is 0 Å². The summed E-state index contributed by atoms with van der Waals surface area (Å²) in [7, 11) is 0. The topological polar surface area (TPSA) is 55.1 Å². The molecule has 3 heteroatoms. The third-order valence-corrected chi connectivity index (χ3v) is 4.58. The summed E-state index contributed by atoms with van der Waals surface area (Å²) in [6.45, 7) is 2.14. The SMILES string of the molecule is CCCc1ccccc1C(=O)NC1CCc2ccc(N)cc2C1. The second-order valence-electron chi connectivity index (χ2n) is 6.35. The van der Waals surface area contributed by atoms with Crippen molar-refractivity contribution in [3.8, 4) is 0 Å². The van der Waals surface area contributed by atoms with E-state index < -0.39 is 0 Å². The molecule has 2 aromatic rings. The van der Waals surface area contributed by atoms with Gasteiger partial charge in [0.15, 0.2) is 0 Å². The zero-order valence-corrected chi connectivity index (χ0v) is 13.6. The molecule has 0 heterocycles. The van der Waals surface area contributed by atoms with E-state index in [2.05, 4.69) is 24.4 Å². The number of nitrogen functional groups attached to an aromatic ring is 1. The lowest BCUT2D eigenvalue weighted by Crippen LogP contribution is -2.39. The average molecular weight is 308 g/mol. The summed E-state index contributed by atoms with van der Waals surface area (Å²) in [5.41, 5.74) is 11.3. The highest BCUT2D eigenvalue weighted by Crippen LogP contribution is 2.24. The van der Waals surface area contributed by atoms with Gasteiger partial charge in [-0.3, -0.25) is 4.79 Å². The van der Waals surface area contributed by atoms with Crippen LogP contribution in [0.4, 0.5) is 5.69 Å². The van der Waals surface area contributed by atoms with Crippen molar-refractivity contribution in [2.24, 2.45) is 0 Å². The first kappa shape index (κ1) is 15.6. The quantitative estimate of drug-likeness (QED) is 0.849. The third kappa shape index (κ3) is 3.55. The van der Waals surface area contributed by atoms with Crippen LogP contribution in [0.25, 0.3) is 0 Å². The molecule has 0 saturated carbocycles. The Morgan fingerprint density at radius 2 is 2.04 bits per heavy atom. The first-order valence-corrected chi connectivity index (χ1v) is 8.43. The Hall–Kier alpha value is -2.29. The van der Waals surface area contributed by atoms with Crippen LogP contribution >= 0.6 is 0 Å². The van der Waals surface area contributed by atoms with Crippen LogP contribution in [0.5, 0.6) is 0 Å². The van der Waals surface area contributed by atoms with E-state index in [4.69, 9.17) is 5.73 Å². The summed E-state index contributed by atoms with van der Waals surface area (Å²) in [5, 5.41) is 3.21. The van der Waals surface area contributed by atoms with Gasteiger partial charge in [-0.1, -0.05) is 37.6 Å². The molecule has 1 aliphatic carbocycles. The van der Waals surface area contributed by atoms with Gasteiger partial charge >= 0.3 is 0 Å². The Morgan fingerprint density at radius 3 is 2.87 bits per heavy atom. The second-order valence-corrected chi connectivity index (χ2v) is 6.35. The molecule has 1 atom stereocenters. The van der Waals surface area contributed by atoms with Crippen molar-refractivity contribution in [3.63, 3.8) is 0 Å². The molecule has 3 nitrogen and oxygen atoms in total. The van der Waals surface area contributed by atoms with Gasteiger partial charge < -0.3 is 11.1 Å². The number of hydrogen-bond acceptors (Lipinski definition) is 2. The van der Waals surface area contributed by atoms with Gasteiger partial charge in [0.1, 0.15) is 0 Å². The van der Waals surface area contributed by atoms with Crippen molar-refractivity contribution in [3.05, 3.63) is 64.7 Å². The van der Waals surface area contributed by atoms with E-state index in [1.54, 1.807) is 0 Å². The number of nitrogens with two attached hydrogens (primary N) is 1. The van der Waals surface area contributed by atoms with Crippen LogP contribution in [0, 0.1) is 0 Å². The van der Waals surface area contributed by atoms with Gasteiger partial charge in [-0.2, -0.15) is 0 Å². The summed E-state index contributed by atoms with van der Waals surface area (Å²) in [6, 6.07) is 14.2. The third-order valence-electron chi connectivity index (χ3n) is 4.58. The van der Waals surface area contributed by atoms with Gasteiger partial charge in [0.25, 0.3) is 5.91 Å². The van der Waals surface area contributed by atoms with Gasteiger partial charge in [-0.05, 0) is 60.6 Å². The van der Waals surface area contributed by atoms with Crippen molar-refractivity contribution < 1.29 is 4.79 Å². The normalized spacial score (nSPS) is 16.7. The van der Waals surface area contributed by atoms with Crippen LogP contribution in [-0.2, 0) is 19.3 Å². The highest BCUT2D eigenvalue weighted by Gasteiger charge is 2.21. The first-order chi connectivity index (χ1) is 11.2. The molecule has 0 fully saturated rings. The van der Waals surface area contributed by atoms with Gasteiger partial charge in [0.2, 0.25) is 0 Å². The molecule has 0 bridgehead atoms. The van der Waals surface area contributed by atoms with Crippen molar-refractivity contribution in [2.75, 3.05) is 5.73 Å². The number of hydrogen-bond donors (Lipinski definition) is 2. The van der Waals surface area contributed by atoms with E-state index in [1.165, 1.54) is 11.1 Å². The molecule has 0 radical (unpaired) electrons. The van der Waals surface area contributed by atoms with Gasteiger partial charge in [0, 0.05) is 17.3 Å². The zero-order valence-electron chi connectivity index (χ0n) is 13.6. The monoisotopic (exact) mass is 308 g/mol. The van der Waals surface area contributed by atoms with Crippen LogP contribution in [0.15, 0.2) is 42.5 Å². The highest BCUT2D eigenvalue weighted by molar-refractivity contribution is 5.95. The lowest BCUT2D eigenvalue weighted by atomic mass is 9.87. The maximum Gasteiger partial charge on any atom is 0.251 e. The van der Waals surface area contributed by atoms with E-state index in [0.29, 0.717) is 0 Å². The number of amides is 1. The Morgan fingerprint density at radius 1 is 1.22 bits per heavy atom. The Balaban J connectivity index is 1.72. The molecule has 23 heavy (non-hydrogen) atoms. The van der Waals surface area contributed by atoms with E-state index in [9.17, 15) is 4.79 Å². The van der Waals surface area contributed by atoms with Crippen molar-refractivity contribution in [2.45, 2.75) is 45.1 Å². The summed E-state index contributed by atoms with van der Waals surface area (Å²) in [6.07, 6.45) is 4.83. The minimum Gasteiger partial charge on any atom is -0.399 e. The molecule has 1 aliphatic rings. The minimum atomic E-state index is 0.0476. The molecule has 0 aromatic heterocycles. The number of rotatable bonds is 4. The summed E-state index contributed by atoms with van der Waals surface area (Å²) in [5.74, 6) is 0.0476. The van der Waals surface area contributed by atoms with E-state index in [0.717, 1.165) is 48.9 Å². The number of aryl methyl sites for hydroxylation is 2. The smallest absolute Gasteiger partial charge is 0.251 e. The maximum atomic E-state index is 12.7. The molecule has 3 N–H and O–H groups in total. The standard InChI is InChI=1S/C20H24N2O/c1-2-5-15-6-3-4-7-19(15)20(23)22-18-11-9-14-8-10-17(21)12-16(14)13-18/h3-4,6-8,10,12,18H,2,5,9,11,13,21H2,1H3,(H,22,23). The number of nitrogens with one attached hydrogen (secondary N) is 1. The molecule has 0 aliphatic heterocycles. The Bertz CT molecular complexity index is 709. The van der Waals surface area contributed by atoms with E-state index >= 15 is 0 Å². The van der Waals surface area contributed by atoms with Gasteiger partial charge in [-0.25, -0.2) is 0 Å². The maximum absolute atomic E-state index is 12.7. The number of carbonyl (C=O) groups is 1. The van der Waals surface area contributed by atoms with Gasteiger partial charge in [0.05, 0.1) is 0 Å². The van der Waals surface area contributed by atoms with Crippen molar-refractivity contribution in [1.29, 1.82) is 0 Å². The van der Waals surface area contributed by atoms with Crippen LogP contribution < -0.4 is 11.1 Å². The van der Waals surface area contributed by atoms with Crippen molar-refractivity contribution in [1.82, 2.24) is 5.32 Å². The fraction of sp³-hybridized carbons (Fsp3) is 0.350. The van der Waals surface area contributed by atoms with Crippen molar-refractivity contribution >= 4 is 11.6 Å². The number of benzene rings is 2. The molecule has 1 unspecified atom stereocenters. The highest BCUT2D eigenvalue weighted by atomic mass is 16.1. The number of fused-ring (bicyclic) bond motifs is 1. The summed E-state index contributed by atoms with van der Waals surface area (Å²) in [4.78, 5) is 12.7. The minimum absolute atomic E-state index is 0.0476. The molecule has 120 valence electrons.